The number of rotatable bonds is 7. The van der Waals surface area contributed by atoms with Crippen LogP contribution in [0.25, 0.3) is 0 Å². The summed E-state index contributed by atoms with van der Waals surface area (Å²) in [5.74, 6) is 0.0364. The number of nitrogens with zero attached hydrogens (tertiary/aromatic N) is 1. The maximum Gasteiger partial charge on any atom is 0.323 e. The molecule has 0 aromatic heterocycles. The molecule has 0 unspecified atom stereocenters. The van der Waals surface area contributed by atoms with Gasteiger partial charge in [0.2, 0.25) is 11.8 Å². The SMILES string of the molecule is COc1ccccc1CNC(=O)[C@@H](Cc1ccccc1)NC(=O)N1CC(=O)Nc2ccccc21. The molecule has 0 bridgehead atoms. The zero-order chi connectivity index (χ0) is 23.9. The Balaban J connectivity index is 1.52. The molecule has 8 nitrogen and oxygen atoms in total. The number of anilines is 2. The van der Waals surface area contributed by atoms with E-state index in [-0.39, 0.29) is 24.9 Å². The van der Waals surface area contributed by atoms with Gasteiger partial charge in [0.25, 0.3) is 0 Å². The van der Waals surface area contributed by atoms with Crippen molar-refractivity contribution in [1.82, 2.24) is 10.6 Å². The van der Waals surface area contributed by atoms with Crippen molar-refractivity contribution in [2.24, 2.45) is 0 Å². The molecule has 0 aliphatic carbocycles. The van der Waals surface area contributed by atoms with Gasteiger partial charge in [0.15, 0.2) is 0 Å². The highest BCUT2D eigenvalue weighted by Gasteiger charge is 2.30. The molecule has 3 aromatic rings. The fourth-order valence-corrected chi connectivity index (χ4v) is 3.86. The van der Waals surface area contributed by atoms with E-state index in [1.165, 1.54) is 4.90 Å². The highest BCUT2D eigenvalue weighted by atomic mass is 16.5. The smallest absolute Gasteiger partial charge is 0.323 e. The van der Waals surface area contributed by atoms with Crippen LogP contribution >= 0.6 is 0 Å². The summed E-state index contributed by atoms with van der Waals surface area (Å²) >= 11 is 0. The van der Waals surface area contributed by atoms with Gasteiger partial charge in [-0.3, -0.25) is 14.5 Å². The lowest BCUT2D eigenvalue weighted by atomic mass is 10.0. The van der Waals surface area contributed by atoms with Gasteiger partial charge in [-0.05, 0) is 23.8 Å². The largest absolute Gasteiger partial charge is 0.496 e. The Hall–Kier alpha value is -4.33. The number of carbonyl (C=O) groups is 3. The maximum absolute atomic E-state index is 13.2. The molecule has 4 amide bonds. The average molecular weight is 459 g/mol. The van der Waals surface area contributed by atoms with E-state index in [2.05, 4.69) is 16.0 Å². The van der Waals surface area contributed by atoms with Crippen LogP contribution in [0.1, 0.15) is 11.1 Å². The fourth-order valence-electron chi connectivity index (χ4n) is 3.86. The molecular weight excluding hydrogens is 432 g/mol. The number of benzene rings is 3. The minimum atomic E-state index is -0.846. The Labute approximate surface area is 197 Å². The third kappa shape index (κ3) is 5.35. The molecule has 1 atom stereocenters. The van der Waals surface area contributed by atoms with Crippen LogP contribution in [-0.4, -0.2) is 37.5 Å². The number of hydrogen-bond acceptors (Lipinski definition) is 4. The number of fused-ring (bicyclic) bond motifs is 1. The summed E-state index contributed by atoms with van der Waals surface area (Å²) in [7, 11) is 1.58. The zero-order valence-corrected chi connectivity index (χ0v) is 18.8. The summed E-state index contributed by atoms with van der Waals surface area (Å²) in [6.07, 6.45) is 0.298. The van der Waals surface area contributed by atoms with Gasteiger partial charge in [0, 0.05) is 18.5 Å². The first-order valence-electron chi connectivity index (χ1n) is 11.0. The van der Waals surface area contributed by atoms with Gasteiger partial charge in [0.05, 0.1) is 18.5 Å². The molecule has 8 heteroatoms. The molecule has 0 saturated carbocycles. The molecule has 0 saturated heterocycles. The Morgan fingerprint density at radius 2 is 1.71 bits per heavy atom. The van der Waals surface area contributed by atoms with Gasteiger partial charge >= 0.3 is 6.03 Å². The minimum absolute atomic E-state index is 0.135. The third-order valence-corrected chi connectivity index (χ3v) is 5.56. The number of carbonyl (C=O) groups excluding carboxylic acids is 3. The number of para-hydroxylation sites is 3. The number of urea groups is 1. The Morgan fingerprint density at radius 1 is 1.00 bits per heavy atom. The molecule has 0 fully saturated rings. The third-order valence-electron chi connectivity index (χ3n) is 5.56. The van der Waals surface area contributed by atoms with E-state index in [1.54, 1.807) is 31.4 Å². The lowest BCUT2D eigenvalue weighted by Crippen LogP contribution is -2.54. The lowest BCUT2D eigenvalue weighted by Gasteiger charge is -2.30. The zero-order valence-electron chi connectivity index (χ0n) is 18.8. The van der Waals surface area contributed by atoms with Crippen molar-refractivity contribution in [2.45, 2.75) is 19.0 Å². The predicted molar refractivity (Wildman–Crippen MR) is 130 cm³/mol. The first-order chi connectivity index (χ1) is 16.5. The van der Waals surface area contributed by atoms with Crippen LogP contribution in [0.5, 0.6) is 5.75 Å². The summed E-state index contributed by atoms with van der Waals surface area (Å²) in [6.45, 7) is 0.114. The summed E-state index contributed by atoms with van der Waals surface area (Å²) in [4.78, 5) is 39.9. The molecular formula is C26H26N4O4. The topological polar surface area (TPSA) is 99.8 Å². The van der Waals surface area contributed by atoms with Crippen molar-refractivity contribution in [3.05, 3.63) is 90.0 Å². The molecule has 1 heterocycles. The van der Waals surface area contributed by atoms with E-state index in [1.807, 2.05) is 54.6 Å². The number of hydrogen-bond donors (Lipinski definition) is 3. The summed E-state index contributed by atoms with van der Waals surface area (Å²) < 4.78 is 5.36. The number of ether oxygens (including phenoxy) is 1. The highest BCUT2D eigenvalue weighted by molar-refractivity contribution is 6.10. The van der Waals surface area contributed by atoms with Crippen LogP contribution in [0, 0.1) is 0 Å². The Morgan fingerprint density at radius 3 is 2.50 bits per heavy atom. The maximum atomic E-state index is 13.2. The molecule has 174 valence electrons. The van der Waals surface area contributed by atoms with Gasteiger partial charge in [-0.2, -0.15) is 0 Å². The molecule has 3 aromatic carbocycles. The van der Waals surface area contributed by atoms with E-state index < -0.39 is 12.1 Å². The van der Waals surface area contributed by atoms with Crippen LogP contribution < -0.4 is 25.6 Å². The van der Waals surface area contributed by atoms with Crippen molar-refractivity contribution in [3.63, 3.8) is 0 Å². The Bertz CT molecular complexity index is 1180. The second-order valence-corrected chi connectivity index (χ2v) is 7.87. The van der Waals surface area contributed by atoms with Crippen LogP contribution in [0.2, 0.25) is 0 Å². The average Bonchev–Trinajstić information content (AvgIpc) is 2.87. The molecule has 1 aliphatic rings. The van der Waals surface area contributed by atoms with Crippen molar-refractivity contribution in [3.8, 4) is 5.75 Å². The fraction of sp³-hybridized carbons (Fsp3) is 0.192. The standard InChI is InChI=1S/C26H26N4O4/c1-34-23-14-8-5-11-19(23)16-27-25(32)21(15-18-9-3-2-4-10-18)29-26(33)30-17-24(31)28-20-12-6-7-13-22(20)30/h2-14,21H,15-17H2,1H3,(H,27,32)(H,28,31)(H,29,33)/t21-/m1/s1. The minimum Gasteiger partial charge on any atom is -0.496 e. The quantitative estimate of drug-likeness (QED) is 0.507. The summed E-state index contributed by atoms with van der Waals surface area (Å²) in [5.41, 5.74) is 2.85. The predicted octanol–water partition coefficient (Wildman–Crippen LogP) is 3.09. The first kappa shape index (κ1) is 22.8. The van der Waals surface area contributed by atoms with Crippen LogP contribution in [0.3, 0.4) is 0 Å². The van der Waals surface area contributed by atoms with Gasteiger partial charge in [-0.1, -0.05) is 60.7 Å². The van der Waals surface area contributed by atoms with E-state index in [0.717, 1.165) is 11.1 Å². The summed E-state index contributed by atoms with van der Waals surface area (Å²) in [6, 6.07) is 22.6. The van der Waals surface area contributed by atoms with E-state index in [4.69, 9.17) is 4.74 Å². The molecule has 1 aliphatic heterocycles. The second kappa shape index (κ2) is 10.5. The first-order valence-corrected chi connectivity index (χ1v) is 11.0. The van der Waals surface area contributed by atoms with Crippen molar-refractivity contribution in [2.75, 3.05) is 23.9 Å². The Kier molecular flexibility index (Phi) is 7.07. The lowest BCUT2D eigenvalue weighted by molar-refractivity contribution is -0.123. The molecule has 0 radical (unpaired) electrons. The van der Waals surface area contributed by atoms with E-state index in [9.17, 15) is 14.4 Å². The van der Waals surface area contributed by atoms with Gasteiger partial charge in [0.1, 0.15) is 18.3 Å². The monoisotopic (exact) mass is 458 g/mol. The van der Waals surface area contributed by atoms with Crippen LogP contribution in [0.4, 0.5) is 16.2 Å². The van der Waals surface area contributed by atoms with Crippen molar-refractivity contribution >= 4 is 29.2 Å². The highest BCUT2D eigenvalue weighted by Crippen LogP contribution is 2.28. The molecule has 4 rings (SSSR count). The number of nitrogens with one attached hydrogen (secondary N) is 3. The van der Waals surface area contributed by atoms with E-state index in [0.29, 0.717) is 23.5 Å². The normalized spacial score (nSPS) is 13.3. The molecule has 0 spiro atoms. The van der Waals surface area contributed by atoms with Crippen molar-refractivity contribution < 1.29 is 19.1 Å². The summed E-state index contributed by atoms with van der Waals surface area (Å²) in [5, 5.41) is 8.48. The van der Waals surface area contributed by atoms with Gasteiger partial charge in [-0.25, -0.2) is 4.79 Å². The molecule has 3 N–H and O–H groups in total. The van der Waals surface area contributed by atoms with Crippen molar-refractivity contribution in [1.29, 1.82) is 0 Å². The number of methoxy groups -OCH3 is 1. The van der Waals surface area contributed by atoms with Crippen LogP contribution in [-0.2, 0) is 22.6 Å². The van der Waals surface area contributed by atoms with Crippen LogP contribution in [0.15, 0.2) is 78.9 Å². The van der Waals surface area contributed by atoms with E-state index >= 15 is 0 Å². The van der Waals surface area contributed by atoms with Gasteiger partial charge in [-0.15, -0.1) is 0 Å². The second-order valence-electron chi connectivity index (χ2n) is 7.87. The number of amides is 4. The molecule has 34 heavy (non-hydrogen) atoms. The van der Waals surface area contributed by atoms with Gasteiger partial charge < -0.3 is 20.7 Å².